The van der Waals surface area contributed by atoms with Crippen LogP contribution in [0.5, 0.6) is 0 Å². The number of ether oxygens (including phenoxy) is 2. The van der Waals surface area contributed by atoms with Crippen LogP contribution in [0.4, 0.5) is 0 Å². The van der Waals surface area contributed by atoms with Gasteiger partial charge in [0, 0.05) is 6.42 Å². The van der Waals surface area contributed by atoms with Gasteiger partial charge in [-0.1, -0.05) is 13.8 Å². The Balaban J connectivity index is 1.79. The van der Waals surface area contributed by atoms with E-state index in [1.54, 1.807) is 0 Å². The molecule has 0 unspecified atom stereocenters. The van der Waals surface area contributed by atoms with Crippen LogP contribution in [0.25, 0.3) is 0 Å². The molecule has 0 aromatic heterocycles. The molecular weight excluding hydrogens is 228 g/mol. The van der Waals surface area contributed by atoms with Crippen LogP contribution >= 0.6 is 0 Å². The average molecular weight is 248 g/mol. The molecule has 1 saturated carbocycles. The highest BCUT2D eigenvalue weighted by atomic mass is 16.6. The molecule has 0 amide bonds. The van der Waals surface area contributed by atoms with E-state index in [0.29, 0.717) is 23.9 Å². The second-order valence-electron chi connectivity index (χ2n) is 7.46. The maximum Gasteiger partial charge on any atom is 0.337 e. The number of rotatable bonds is 0. The monoisotopic (exact) mass is 248 g/mol. The number of carbonyl (C=O) groups is 1. The summed E-state index contributed by atoms with van der Waals surface area (Å²) in [5.74, 6) is 1.00. The molecule has 1 aliphatic carbocycles. The maximum atomic E-state index is 11.9. The summed E-state index contributed by atoms with van der Waals surface area (Å²) in [7, 11) is 0. The largest absolute Gasteiger partial charge is 0.458 e. The third-order valence-corrected chi connectivity index (χ3v) is 5.47. The Morgan fingerprint density at radius 3 is 2.78 bits per heavy atom. The molecule has 0 spiro atoms. The summed E-state index contributed by atoms with van der Waals surface area (Å²) in [6, 6.07) is 0. The van der Waals surface area contributed by atoms with E-state index in [9.17, 15) is 4.79 Å². The lowest BCUT2D eigenvalue weighted by Gasteiger charge is -2.35. The van der Waals surface area contributed by atoms with Gasteiger partial charge in [0.05, 0.1) is 17.3 Å². The van der Waals surface area contributed by atoms with E-state index in [0.717, 1.165) is 12.0 Å². The van der Waals surface area contributed by atoms with Gasteiger partial charge >= 0.3 is 5.97 Å². The summed E-state index contributed by atoms with van der Waals surface area (Å²) in [6.07, 6.45) is 3.30. The molecule has 98 valence electrons. The fourth-order valence-corrected chi connectivity index (χ4v) is 4.85. The van der Waals surface area contributed by atoms with Crippen LogP contribution in [0.1, 0.15) is 40.0 Å². The predicted molar refractivity (Wildman–Crippen MR) is 65.9 cm³/mol. The van der Waals surface area contributed by atoms with Crippen molar-refractivity contribution < 1.29 is 14.3 Å². The van der Waals surface area contributed by atoms with Gasteiger partial charge in [0.1, 0.15) is 6.61 Å². The van der Waals surface area contributed by atoms with Crippen LogP contribution < -0.4 is 0 Å². The second kappa shape index (κ2) is 3.01. The van der Waals surface area contributed by atoms with Crippen LogP contribution in [0.3, 0.4) is 0 Å². The van der Waals surface area contributed by atoms with Crippen molar-refractivity contribution in [2.24, 2.45) is 17.3 Å². The molecule has 0 N–H and O–H groups in total. The van der Waals surface area contributed by atoms with E-state index in [-0.39, 0.29) is 17.7 Å². The highest BCUT2D eigenvalue weighted by molar-refractivity contribution is 5.93. The second-order valence-corrected chi connectivity index (χ2v) is 7.46. The van der Waals surface area contributed by atoms with Gasteiger partial charge in [-0.25, -0.2) is 4.79 Å². The SMILES string of the molecule is CC1(C)C[C@H]2[C@H]3O[C@](C)(CC4=C3C(=O)OC4)[C@H]2C1. The minimum atomic E-state index is -0.123. The molecule has 0 aromatic carbocycles. The molecule has 4 rings (SSSR count). The van der Waals surface area contributed by atoms with Gasteiger partial charge < -0.3 is 9.47 Å². The normalized spacial score (nSPS) is 48.2. The Morgan fingerprint density at radius 2 is 2.00 bits per heavy atom. The average Bonchev–Trinajstić information content (AvgIpc) is 2.83. The molecule has 0 aromatic rings. The summed E-state index contributed by atoms with van der Waals surface area (Å²) in [5.41, 5.74) is 2.42. The van der Waals surface area contributed by atoms with Crippen molar-refractivity contribution in [3.8, 4) is 0 Å². The van der Waals surface area contributed by atoms with Gasteiger partial charge in [-0.3, -0.25) is 0 Å². The fourth-order valence-electron chi connectivity index (χ4n) is 4.85. The van der Waals surface area contributed by atoms with Crippen molar-refractivity contribution in [2.45, 2.75) is 51.7 Å². The molecule has 3 heterocycles. The zero-order valence-corrected chi connectivity index (χ0v) is 11.3. The Bertz CT molecular complexity index is 476. The van der Waals surface area contributed by atoms with Crippen molar-refractivity contribution in [3.05, 3.63) is 11.1 Å². The lowest BCUT2D eigenvalue weighted by atomic mass is 9.80. The number of esters is 1. The molecule has 3 heteroatoms. The first-order chi connectivity index (χ1) is 8.40. The Morgan fingerprint density at radius 1 is 1.22 bits per heavy atom. The Kier molecular flexibility index (Phi) is 1.84. The topological polar surface area (TPSA) is 35.5 Å². The molecule has 0 radical (unpaired) electrons. The number of carbonyl (C=O) groups excluding carboxylic acids is 1. The van der Waals surface area contributed by atoms with E-state index in [4.69, 9.17) is 9.47 Å². The van der Waals surface area contributed by atoms with Crippen LogP contribution in [0, 0.1) is 17.3 Å². The van der Waals surface area contributed by atoms with Crippen molar-refractivity contribution in [3.63, 3.8) is 0 Å². The molecule has 1 saturated heterocycles. The molecule has 2 fully saturated rings. The Hall–Kier alpha value is -0.830. The molecule has 3 nitrogen and oxygen atoms in total. The molecule has 2 bridgehead atoms. The van der Waals surface area contributed by atoms with Crippen molar-refractivity contribution in [2.75, 3.05) is 6.61 Å². The minimum absolute atomic E-state index is 0.0144. The van der Waals surface area contributed by atoms with Gasteiger partial charge in [-0.2, -0.15) is 0 Å². The number of hydrogen-bond acceptors (Lipinski definition) is 3. The number of hydrogen-bond donors (Lipinski definition) is 0. The molecular formula is C15H20O3. The predicted octanol–water partition coefficient (Wildman–Crippen LogP) is 2.45. The van der Waals surface area contributed by atoms with Crippen LogP contribution in [-0.2, 0) is 14.3 Å². The summed E-state index contributed by atoms with van der Waals surface area (Å²) < 4.78 is 11.5. The van der Waals surface area contributed by atoms with E-state index in [2.05, 4.69) is 20.8 Å². The zero-order valence-electron chi connectivity index (χ0n) is 11.3. The first-order valence-electron chi connectivity index (χ1n) is 6.97. The van der Waals surface area contributed by atoms with Gasteiger partial charge in [-0.15, -0.1) is 0 Å². The van der Waals surface area contributed by atoms with Crippen molar-refractivity contribution in [1.29, 1.82) is 0 Å². The Labute approximate surface area is 108 Å². The van der Waals surface area contributed by atoms with E-state index >= 15 is 0 Å². The molecule has 18 heavy (non-hydrogen) atoms. The van der Waals surface area contributed by atoms with Crippen LogP contribution in [0.2, 0.25) is 0 Å². The first kappa shape index (κ1) is 11.0. The van der Waals surface area contributed by atoms with Crippen molar-refractivity contribution in [1.82, 2.24) is 0 Å². The summed E-state index contributed by atoms with van der Waals surface area (Å²) in [5, 5.41) is 0. The smallest absolute Gasteiger partial charge is 0.337 e. The number of cyclic esters (lactones) is 1. The summed E-state index contributed by atoms with van der Waals surface area (Å²) >= 11 is 0. The van der Waals surface area contributed by atoms with E-state index < -0.39 is 0 Å². The van der Waals surface area contributed by atoms with E-state index in [1.165, 1.54) is 18.4 Å². The molecule has 4 aliphatic rings. The van der Waals surface area contributed by atoms with Gasteiger partial charge in [0.2, 0.25) is 0 Å². The molecule has 3 aliphatic heterocycles. The van der Waals surface area contributed by atoms with Crippen molar-refractivity contribution >= 4 is 5.97 Å². The fraction of sp³-hybridized carbons (Fsp3) is 0.800. The molecule has 4 atom stereocenters. The van der Waals surface area contributed by atoms with Crippen LogP contribution in [-0.4, -0.2) is 24.3 Å². The lowest BCUT2D eigenvalue weighted by Crippen LogP contribution is -2.37. The van der Waals surface area contributed by atoms with Gasteiger partial charge in [0.25, 0.3) is 0 Å². The van der Waals surface area contributed by atoms with Crippen LogP contribution in [0.15, 0.2) is 11.1 Å². The third kappa shape index (κ3) is 1.21. The highest BCUT2D eigenvalue weighted by Gasteiger charge is 2.62. The van der Waals surface area contributed by atoms with E-state index in [1.807, 2.05) is 0 Å². The third-order valence-electron chi connectivity index (χ3n) is 5.47. The summed E-state index contributed by atoms with van der Waals surface area (Å²) in [6.45, 7) is 7.42. The number of fused-ring (bicyclic) bond motifs is 6. The first-order valence-corrected chi connectivity index (χ1v) is 6.97. The summed E-state index contributed by atoms with van der Waals surface area (Å²) in [4.78, 5) is 11.9. The standard InChI is InChI=1S/C15H20O3/c1-14(2)5-9-10(6-14)15(3)4-8-7-17-13(16)11(8)12(9)18-15/h9-10,12H,4-7H2,1-3H3/t9-,10+,12-,15-/m1/s1. The maximum absolute atomic E-state index is 11.9. The van der Waals surface area contributed by atoms with Gasteiger partial charge in [-0.05, 0) is 42.6 Å². The highest BCUT2D eigenvalue weighted by Crippen LogP contribution is 2.62. The lowest BCUT2D eigenvalue weighted by molar-refractivity contribution is -0.137. The van der Waals surface area contributed by atoms with Gasteiger partial charge in [0.15, 0.2) is 0 Å². The zero-order chi connectivity index (χ0) is 12.7. The minimum Gasteiger partial charge on any atom is -0.458 e. The quantitative estimate of drug-likeness (QED) is 0.618.